The predicted octanol–water partition coefficient (Wildman–Crippen LogP) is 2.66. The molecule has 0 radical (unpaired) electrons. The number of methoxy groups -OCH3 is 1. The van der Waals surface area contributed by atoms with Crippen LogP contribution in [-0.2, 0) is 24.4 Å². The Morgan fingerprint density at radius 1 is 1.33 bits per heavy atom. The van der Waals surface area contributed by atoms with Gasteiger partial charge in [0.05, 0.1) is 25.2 Å². The van der Waals surface area contributed by atoms with Gasteiger partial charge in [-0.2, -0.15) is 0 Å². The fourth-order valence-electron chi connectivity index (χ4n) is 1.94. The van der Waals surface area contributed by atoms with E-state index in [0.717, 1.165) is 18.8 Å². The number of imidazole rings is 1. The third-order valence-corrected chi connectivity index (χ3v) is 2.92. The summed E-state index contributed by atoms with van der Waals surface area (Å²) in [6.45, 7) is 4.45. The molecule has 0 aliphatic heterocycles. The van der Waals surface area contributed by atoms with Crippen LogP contribution >= 0.6 is 0 Å². The van der Waals surface area contributed by atoms with Crippen molar-refractivity contribution in [3.8, 4) is 0 Å². The normalized spacial score (nSPS) is 10.6. The van der Waals surface area contributed by atoms with E-state index >= 15 is 0 Å². The Labute approximate surface area is 108 Å². The van der Waals surface area contributed by atoms with Gasteiger partial charge in [-0.05, 0) is 13.0 Å². The first-order valence-corrected chi connectivity index (χ1v) is 6.15. The van der Waals surface area contributed by atoms with E-state index in [2.05, 4.69) is 33.9 Å². The van der Waals surface area contributed by atoms with Gasteiger partial charge in [-0.1, -0.05) is 18.2 Å². The van der Waals surface area contributed by atoms with Gasteiger partial charge < -0.3 is 14.6 Å². The second kappa shape index (κ2) is 6.21. The van der Waals surface area contributed by atoms with Crippen molar-refractivity contribution in [1.29, 1.82) is 0 Å². The summed E-state index contributed by atoms with van der Waals surface area (Å²) in [5.41, 5.74) is 3.47. The van der Waals surface area contributed by atoms with Gasteiger partial charge in [0.15, 0.2) is 0 Å². The molecule has 96 valence electrons. The SMILES string of the molecule is CCn1cncc1CNc1ccccc1COC. The highest BCUT2D eigenvalue weighted by molar-refractivity contribution is 5.50. The fourth-order valence-corrected chi connectivity index (χ4v) is 1.94. The van der Waals surface area contributed by atoms with Gasteiger partial charge >= 0.3 is 0 Å². The van der Waals surface area contributed by atoms with E-state index in [1.165, 1.54) is 11.3 Å². The smallest absolute Gasteiger partial charge is 0.0948 e. The maximum absolute atomic E-state index is 5.19. The average molecular weight is 245 g/mol. The molecule has 0 bridgehead atoms. The summed E-state index contributed by atoms with van der Waals surface area (Å²) < 4.78 is 7.32. The molecule has 4 heteroatoms. The molecular weight excluding hydrogens is 226 g/mol. The number of nitrogens with zero attached hydrogens (tertiary/aromatic N) is 2. The molecule has 2 aromatic rings. The molecule has 18 heavy (non-hydrogen) atoms. The van der Waals surface area contributed by atoms with Crippen molar-refractivity contribution in [3.05, 3.63) is 48.0 Å². The van der Waals surface area contributed by atoms with E-state index in [1.54, 1.807) is 7.11 Å². The van der Waals surface area contributed by atoms with Crippen molar-refractivity contribution in [2.75, 3.05) is 12.4 Å². The molecule has 0 spiro atoms. The molecule has 0 atom stereocenters. The Kier molecular flexibility index (Phi) is 4.36. The zero-order chi connectivity index (χ0) is 12.8. The Morgan fingerprint density at radius 3 is 2.94 bits per heavy atom. The number of aromatic nitrogens is 2. The zero-order valence-electron chi connectivity index (χ0n) is 10.9. The largest absolute Gasteiger partial charge is 0.380 e. The molecule has 0 aliphatic carbocycles. The molecule has 1 heterocycles. The number of ether oxygens (including phenoxy) is 1. The van der Waals surface area contributed by atoms with Crippen molar-refractivity contribution in [2.45, 2.75) is 26.6 Å². The minimum Gasteiger partial charge on any atom is -0.380 e. The van der Waals surface area contributed by atoms with Crippen LogP contribution in [0.15, 0.2) is 36.8 Å². The first-order chi connectivity index (χ1) is 8.85. The van der Waals surface area contributed by atoms with Crippen LogP contribution in [0.2, 0.25) is 0 Å². The first kappa shape index (κ1) is 12.6. The van der Waals surface area contributed by atoms with Gasteiger partial charge in [0.1, 0.15) is 0 Å². The number of para-hydroxylation sites is 1. The van der Waals surface area contributed by atoms with E-state index < -0.39 is 0 Å². The molecule has 0 amide bonds. The predicted molar refractivity (Wildman–Crippen MR) is 72.4 cm³/mol. The van der Waals surface area contributed by atoms with E-state index in [0.29, 0.717) is 6.61 Å². The van der Waals surface area contributed by atoms with Gasteiger partial charge in [0.25, 0.3) is 0 Å². The minimum atomic E-state index is 0.621. The summed E-state index contributed by atoms with van der Waals surface area (Å²) in [5.74, 6) is 0. The van der Waals surface area contributed by atoms with Gasteiger partial charge in [-0.15, -0.1) is 0 Å². The summed E-state index contributed by atoms with van der Waals surface area (Å²) in [4.78, 5) is 4.16. The van der Waals surface area contributed by atoms with Crippen LogP contribution in [0.25, 0.3) is 0 Å². The average Bonchev–Trinajstić information content (AvgIpc) is 2.85. The quantitative estimate of drug-likeness (QED) is 0.850. The lowest BCUT2D eigenvalue weighted by Crippen LogP contribution is -2.07. The molecule has 0 aliphatic rings. The van der Waals surface area contributed by atoms with E-state index in [1.807, 2.05) is 24.7 Å². The Morgan fingerprint density at radius 2 is 2.17 bits per heavy atom. The standard InChI is InChI=1S/C14H19N3O/c1-3-17-11-15-8-13(17)9-16-14-7-5-4-6-12(14)10-18-2/h4-8,11,16H,3,9-10H2,1-2H3. The summed E-state index contributed by atoms with van der Waals surface area (Å²) in [6.07, 6.45) is 3.76. The van der Waals surface area contributed by atoms with Crippen molar-refractivity contribution >= 4 is 5.69 Å². The molecular formula is C14H19N3O. The van der Waals surface area contributed by atoms with Crippen LogP contribution in [0.1, 0.15) is 18.2 Å². The number of rotatable bonds is 6. The molecule has 4 nitrogen and oxygen atoms in total. The van der Waals surface area contributed by atoms with Crippen LogP contribution in [-0.4, -0.2) is 16.7 Å². The van der Waals surface area contributed by atoms with Gasteiger partial charge in [0, 0.05) is 31.1 Å². The van der Waals surface area contributed by atoms with Crippen LogP contribution in [0.5, 0.6) is 0 Å². The number of hydrogen-bond acceptors (Lipinski definition) is 3. The number of hydrogen-bond donors (Lipinski definition) is 1. The van der Waals surface area contributed by atoms with Gasteiger partial charge in [0.2, 0.25) is 0 Å². The lowest BCUT2D eigenvalue weighted by Gasteiger charge is -2.12. The highest BCUT2D eigenvalue weighted by Gasteiger charge is 2.03. The number of benzene rings is 1. The number of anilines is 1. The van der Waals surface area contributed by atoms with Crippen molar-refractivity contribution in [1.82, 2.24) is 9.55 Å². The van der Waals surface area contributed by atoms with Crippen molar-refractivity contribution < 1.29 is 4.74 Å². The molecule has 1 N–H and O–H groups in total. The lowest BCUT2D eigenvalue weighted by molar-refractivity contribution is 0.185. The molecule has 2 rings (SSSR count). The summed E-state index contributed by atoms with van der Waals surface area (Å²) >= 11 is 0. The van der Waals surface area contributed by atoms with Crippen LogP contribution in [0, 0.1) is 0 Å². The van der Waals surface area contributed by atoms with E-state index in [9.17, 15) is 0 Å². The first-order valence-electron chi connectivity index (χ1n) is 6.15. The number of nitrogens with one attached hydrogen (secondary N) is 1. The van der Waals surface area contributed by atoms with E-state index in [-0.39, 0.29) is 0 Å². The Hall–Kier alpha value is -1.81. The van der Waals surface area contributed by atoms with Gasteiger partial charge in [-0.25, -0.2) is 4.98 Å². The van der Waals surface area contributed by atoms with Crippen LogP contribution in [0.3, 0.4) is 0 Å². The Balaban J connectivity index is 2.06. The molecule has 0 unspecified atom stereocenters. The minimum absolute atomic E-state index is 0.621. The molecule has 1 aromatic carbocycles. The molecule has 0 fully saturated rings. The second-order valence-electron chi connectivity index (χ2n) is 4.11. The summed E-state index contributed by atoms with van der Waals surface area (Å²) in [6, 6.07) is 8.19. The van der Waals surface area contributed by atoms with Gasteiger partial charge in [-0.3, -0.25) is 0 Å². The fraction of sp³-hybridized carbons (Fsp3) is 0.357. The monoisotopic (exact) mass is 245 g/mol. The highest BCUT2D eigenvalue weighted by Crippen LogP contribution is 2.16. The molecule has 0 saturated heterocycles. The third kappa shape index (κ3) is 2.90. The summed E-state index contributed by atoms with van der Waals surface area (Å²) in [5, 5.41) is 3.43. The second-order valence-corrected chi connectivity index (χ2v) is 4.11. The lowest BCUT2D eigenvalue weighted by atomic mass is 10.2. The third-order valence-electron chi connectivity index (χ3n) is 2.92. The number of aryl methyl sites for hydroxylation is 1. The maximum atomic E-state index is 5.19. The van der Waals surface area contributed by atoms with Crippen molar-refractivity contribution in [3.63, 3.8) is 0 Å². The molecule has 1 aromatic heterocycles. The molecule has 0 saturated carbocycles. The zero-order valence-corrected chi connectivity index (χ0v) is 10.9. The van der Waals surface area contributed by atoms with E-state index in [4.69, 9.17) is 4.74 Å². The van der Waals surface area contributed by atoms with Crippen LogP contribution < -0.4 is 5.32 Å². The Bertz CT molecular complexity index is 493. The highest BCUT2D eigenvalue weighted by atomic mass is 16.5. The topological polar surface area (TPSA) is 39.1 Å². The maximum Gasteiger partial charge on any atom is 0.0948 e. The summed E-state index contributed by atoms with van der Waals surface area (Å²) in [7, 11) is 1.71. The van der Waals surface area contributed by atoms with Crippen molar-refractivity contribution in [2.24, 2.45) is 0 Å². The van der Waals surface area contributed by atoms with Crippen LogP contribution in [0.4, 0.5) is 5.69 Å².